The lowest BCUT2D eigenvalue weighted by Gasteiger charge is -2.40. The molecule has 8 nitrogen and oxygen atoms in total. The Morgan fingerprint density at radius 2 is 1.52 bits per heavy atom. The fraction of sp³-hybridized carbons (Fsp3) is 0.400. The predicted molar refractivity (Wildman–Crippen MR) is 175 cm³/mol. The molecule has 0 radical (unpaired) electrons. The summed E-state index contributed by atoms with van der Waals surface area (Å²) in [5, 5.41) is 16.8. The Balaban J connectivity index is 1.38. The molecule has 2 bridgehead atoms. The van der Waals surface area contributed by atoms with Gasteiger partial charge in [0.05, 0.1) is 29.2 Å². The van der Waals surface area contributed by atoms with Crippen LogP contribution in [-0.2, 0) is 14.4 Å². The van der Waals surface area contributed by atoms with E-state index in [0.29, 0.717) is 11.4 Å². The molecule has 0 aromatic heterocycles. The first-order chi connectivity index (χ1) is 21.3. The molecule has 3 aliphatic rings. The third kappa shape index (κ3) is 4.96. The quantitative estimate of drug-likeness (QED) is 0.292. The molecule has 3 aliphatic heterocycles. The number of rotatable bonds is 10. The summed E-state index contributed by atoms with van der Waals surface area (Å²) in [5.41, 5.74) is 3.13. The largest absolute Gasteiger partial charge is 0.394 e. The Hall–Kier alpha value is -3.82. The lowest BCUT2D eigenvalue weighted by atomic mass is 9.66. The van der Waals surface area contributed by atoms with Gasteiger partial charge < -0.3 is 25.5 Å². The van der Waals surface area contributed by atoms with Crippen molar-refractivity contribution in [1.29, 1.82) is 0 Å². The number of para-hydroxylation sites is 1. The lowest BCUT2D eigenvalue weighted by molar-refractivity contribution is -0.141. The van der Waals surface area contributed by atoms with Crippen LogP contribution in [0.25, 0.3) is 0 Å². The fourth-order valence-electron chi connectivity index (χ4n) is 7.73. The molecule has 3 saturated heterocycles. The van der Waals surface area contributed by atoms with Crippen LogP contribution in [0, 0.1) is 17.8 Å². The molecule has 3 unspecified atom stereocenters. The molecule has 3 aromatic rings. The minimum absolute atomic E-state index is 0.00753. The molecule has 6 rings (SSSR count). The van der Waals surface area contributed by atoms with Crippen molar-refractivity contribution in [2.45, 2.75) is 49.3 Å². The van der Waals surface area contributed by atoms with Gasteiger partial charge in [0, 0.05) is 35.4 Å². The highest BCUT2D eigenvalue weighted by molar-refractivity contribution is 8.02. The van der Waals surface area contributed by atoms with Gasteiger partial charge >= 0.3 is 0 Å². The van der Waals surface area contributed by atoms with Crippen LogP contribution in [0.5, 0.6) is 0 Å². The Bertz CT molecular complexity index is 1500. The zero-order valence-electron chi connectivity index (χ0n) is 25.4. The maximum atomic E-state index is 14.6. The highest BCUT2D eigenvalue weighted by atomic mass is 32.2. The maximum absolute atomic E-state index is 14.6. The van der Waals surface area contributed by atoms with E-state index in [9.17, 15) is 19.5 Å². The van der Waals surface area contributed by atoms with E-state index in [1.54, 1.807) is 16.7 Å². The fourth-order valence-corrected chi connectivity index (χ4v) is 10.1. The van der Waals surface area contributed by atoms with Crippen LogP contribution in [0.2, 0.25) is 0 Å². The molecule has 3 heterocycles. The number of aliphatic hydroxyl groups excluding tert-OH is 1. The number of amides is 3. The van der Waals surface area contributed by atoms with Gasteiger partial charge in [-0.15, -0.1) is 11.8 Å². The molecule has 3 N–H and O–H groups in total. The summed E-state index contributed by atoms with van der Waals surface area (Å²) in [6, 6.07) is 24.8. The molecule has 9 heteroatoms. The van der Waals surface area contributed by atoms with Gasteiger partial charge in [-0.1, -0.05) is 55.5 Å². The average Bonchev–Trinajstić information content (AvgIpc) is 3.64. The minimum Gasteiger partial charge on any atom is -0.394 e. The van der Waals surface area contributed by atoms with Crippen LogP contribution in [0.3, 0.4) is 0 Å². The van der Waals surface area contributed by atoms with Crippen molar-refractivity contribution in [1.82, 2.24) is 4.90 Å². The average molecular weight is 613 g/mol. The van der Waals surface area contributed by atoms with Gasteiger partial charge in [-0.05, 0) is 68.1 Å². The van der Waals surface area contributed by atoms with Gasteiger partial charge in [-0.3, -0.25) is 14.4 Å². The number of carbonyl (C=O) groups excluding carboxylic acids is 3. The Kier molecular flexibility index (Phi) is 8.44. The van der Waals surface area contributed by atoms with Crippen LogP contribution in [0.1, 0.15) is 38.8 Å². The third-order valence-corrected chi connectivity index (χ3v) is 11.8. The lowest BCUT2D eigenvalue weighted by Crippen LogP contribution is -2.55. The summed E-state index contributed by atoms with van der Waals surface area (Å²) >= 11 is 1.62. The second kappa shape index (κ2) is 12.3. The van der Waals surface area contributed by atoms with Crippen LogP contribution in [-0.4, -0.2) is 63.5 Å². The summed E-state index contributed by atoms with van der Waals surface area (Å²) in [5.74, 6) is -2.02. The molecular formula is C35H40N4O4S. The molecule has 230 valence electrons. The molecule has 3 aromatic carbocycles. The Morgan fingerprint density at radius 3 is 2.14 bits per heavy atom. The van der Waals surface area contributed by atoms with E-state index in [0.717, 1.165) is 30.8 Å². The second-order valence-corrected chi connectivity index (χ2v) is 13.5. The van der Waals surface area contributed by atoms with E-state index in [1.165, 1.54) is 0 Å². The summed E-state index contributed by atoms with van der Waals surface area (Å²) in [6.07, 6.45) is 0.729. The van der Waals surface area contributed by atoms with Crippen molar-refractivity contribution < 1.29 is 19.5 Å². The number of fused-ring (bicyclic) bond motifs is 1. The topological polar surface area (TPSA) is 102 Å². The first-order valence-corrected chi connectivity index (χ1v) is 16.4. The van der Waals surface area contributed by atoms with E-state index in [4.69, 9.17) is 0 Å². The number of hydrogen-bond acceptors (Lipinski definition) is 6. The predicted octanol–water partition coefficient (Wildman–Crippen LogP) is 5.18. The highest BCUT2D eigenvalue weighted by Crippen LogP contribution is 2.69. The second-order valence-electron chi connectivity index (χ2n) is 12.0. The zero-order valence-corrected chi connectivity index (χ0v) is 26.2. The molecule has 0 saturated carbocycles. The molecular weight excluding hydrogens is 572 g/mol. The summed E-state index contributed by atoms with van der Waals surface area (Å²) < 4.78 is -0.812. The molecule has 44 heavy (non-hydrogen) atoms. The van der Waals surface area contributed by atoms with Crippen molar-refractivity contribution >= 4 is 46.5 Å². The highest BCUT2D eigenvalue weighted by Gasteiger charge is 2.76. The number of hydrogen-bond donors (Lipinski definition) is 3. The number of anilines is 3. The van der Waals surface area contributed by atoms with Gasteiger partial charge in [-0.25, -0.2) is 0 Å². The third-order valence-electron chi connectivity index (χ3n) is 9.73. The number of likely N-dealkylation sites (tertiary alicyclic amines) is 1. The van der Waals surface area contributed by atoms with Crippen molar-refractivity contribution in [2.24, 2.45) is 17.8 Å². The number of carbonyl (C=O) groups is 3. The van der Waals surface area contributed by atoms with Gasteiger partial charge in [0.2, 0.25) is 17.7 Å². The van der Waals surface area contributed by atoms with Crippen molar-refractivity contribution in [3.8, 4) is 0 Å². The van der Waals surface area contributed by atoms with Crippen molar-refractivity contribution in [2.75, 3.05) is 35.2 Å². The summed E-state index contributed by atoms with van der Waals surface area (Å²) in [6.45, 7) is 7.72. The normalized spacial score (nSPS) is 27.6. The summed E-state index contributed by atoms with van der Waals surface area (Å²) in [7, 11) is 0. The molecule has 3 amide bonds. The Labute approximate surface area is 263 Å². The van der Waals surface area contributed by atoms with Gasteiger partial charge in [0.15, 0.2) is 0 Å². The molecule has 3 fully saturated rings. The smallest absolute Gasteiger partial charge is 0.248 e. The SMILES string of the molecule is CCN(CC)c1ccc(NC(=O)C2N([C@H](CO)c3ccccc3)C(=O)[C@@H]3[C@@H](C(=O)Nc4ccccc4)[C@H]4CC(C)C23S4)cc1. The van der Waals surface area contributed by atoms with Crippen LogP contribution in [0.15, 0.2) is 84.9 Å². The van der Waals surface area contributed by atoms with Crippen LogP contribution >= 0.6 is 11.8 Å². The first kappa shape index (κ1) is 30.2. The van der Waals surface area contributed by atoms with E-state index < -0.39 is 28.7 Å². The Morgan fingerprint density at radius 1 is 0.932 bits per heavy atom. The molecule has 1 spiro atoms. The first-order valence-electron chi connectivity index (χ1n) is 15.5. The number of nitrogens with zero attached hydrogens (tertiary/aromatic N) is 2. The van der Waals surface area contributed by atoms with Crippen LogP contribution < -0.4 is 15.5 Å². The zero-order chi connectivity index (χ0) is 31.0. The van der Waals surface area contributed by atoms with Gasteiger partial charge in [0.1, 0.15) is 6.04 Å². The summed E-state index contributed by atoms with van der Waals surface area (Å²) in [4.78, 5) is 46.8. The molecule has 0 aliphatic carbocycles. The monoisotopic (exact) mass is 612 g/mol. The molecule has 7 atom stereocenters. The van der Waals surface area contributed by atoms with E-state index in [1.807, 2.05) is 84.9 Å². The number of aliphatic hydroxyl groups is 1. The van der Waals surface area contributed by atoms with Crippen molar-refractivity contribution in [3.63, 3.8) is 0 Å². The van der Waals surface area contributed by atoms with Crippen molar-refractivity contribution in [3.05, 3.63) is 90.5 Å². The minimum atomic E-state index is -0.876. The van der Waals surface area contributed by atoms with E-state index in [-0.39, 0.29) is 35.5 Å². The van der Waals surface area contributed by atoms with Crippen LogP contribution in [0.4, 0.5) is 17.1 Å². The maximum Gasteiger partial charge on any atom is 0.248 e. The number of nitrogens with one attached hydrogen (secondary N) is 2. The van der Waals surface area contributed by atoms with Gasteiger partial charge in [0.25, 0.3) is 0 Å². The van der Waals surface area contributed by atoms with Gasteiger partial charge in [-0.2, -0.15) is 0 Å². The number of benzene rings is 3. The van der Waals surface area contributed by atoms with E-state index in [2.05, 4.69) is 36.3 Å². The van der Waals surface area contributed by atoms with E-state index >= 15 is 0 Å². The number of thioether (sulfide) groups is 1. The standard InChI is InChI=1S/C35H40N4O4S/c1-4-38(5-2)26-18-16-25(17-19-26)37-33(42)31-35-22(3)20-28(44-35)29(32(41)36-24-14-10-7-11-15-24)30(35)34(43)39(31)27(21-40)23-12-8-6-9-13-23/h6-19,22,27-31,40H,4-5,20-21H2,1-3H3,(H,36,41)(H,37,42)/t22?,27-,28-,29+,30+,31?,35?/m1/s1.